The number of benzene rings is 1. The maximum atomic E-state index is 13.6. The van der Waals surface area contributed by atoms with Gasteiger partial charge in [-0.25, -0.2) is 9.36 Å². The monoisotopic (exact) mass is 943 g/mol. The average molecular weight is 945 g/mol. The van der Waals surface area contributed by atoms with Crippen molar-refractivity contribution in [1.29, 1.82) is 0 Å². The van der Waals surface area contributed by atoms with E-state index >= 15 is 0 Å². The lowest BCUT2D eigenvalue weighted by atomic mass is 9.79. The maximum Gasteiger partial charge on any atom is 0.422 e. The summed E-state index contributed by atoms with van der Waals surface area (Å²) in [5.41, 5.74) is 2.65. The zero-order valence-corrected chi connectivity index (χ0v) is 40.2. The van der Waals surface area contributed by atoms with E-state index in [1.54, 1.807) is 13.8 Å². The Morgan fingerprint density at radius 3 is 1.95 bits per heavy atom. The minimum absolute atomic E-state index is 0.0133. The number of hydrogen-bond donors (Lipinski definition) is 0. The van der Waals surface area contributed by atoms with Gasteiger partial charge in [0.05, 0.1) is 28.9 Å². The van der Waals surface area contributed by atoms with Gasteiger partial charge in [-0.3, -0.25) is 28.9 Å². The van der Waals surface area contributed by atoms with Crippen LogP contribution in [0.1, 0.15) is 143 Å². The predicted octanol–water partition coefficient (Wildman–Crippen LogP) is 9.15. The highest BCUT2D eigenvalue weighted by Crippen LogP contribution is 2.45. The third kappa shape index (κ3) is 14.9. The van der Waals surface area contributed by atoms with Crippen molar-refractivity contribution in [3.05, 3.63) is 40.0 Å². The van der Waals surface area contributed by atoms with Crippen LogP contribution in [0.3, 0.4) is 0 Å². The van der Waals surface area contributed by atoms with E-state index in [0.717, 1.165) is 73.5 Å². The van der Waals surface area contributed by atoms with E-state index in [4.69, 9.17) is 23.7 Å². The standard InChI is InChI=1S/C48H70BrN3O11/c1-8-12-14-16-18-23-40(53)59-30-34(31-60-41(54)24-19-17-15-13-9-2)63-43(56)28-48(5,6)27-42(55)61-32-62-47(58)52-38-22-20-21-35-36-25-33(46(57)51(10-3)11-4)29-50(7)39(36)26-37(44(35)38)45(52)49/h20-22,25,33-34,39H,8-19,23-24,26-32H2,1-7H3/t33-,39?/m1/s1. The molecule has 1 aromatic heterocycles. The van der Waals surface area contributed by atoms with Gasteiger partial charge in [0.15, 0.2) is 6.10 Å². The minimum atomic E-state index is -1.02. The van der Waals surface area contributed by atoms with Gasteiger partial charge in [-0.15, -0.1) is 0 Å². The summed E-state index contributed by atoms with van der Waals surface area (Å²) in [7, 11) is 2.02. The lowest BCUT2D eigenvalue weighted by molar-refractivity contribution is -0.169. The molecule has 14 nitrogen and oxygen atoms in total. The molecule has 0 saturated heterocycles. The van der Waals surface area contributed by atoms with Crippen LogP contribution in [0.25, 0.3) is 16.5 Å². The van der Waals surface area contributed by atoms with Crippen molar-refractivity contribution in [3.8, 4) is 0 Å². The molecule has 2 atom stereocenters. The third-order valence-electron chi connectivity index (χ3n) is 11.8. The number of aromatic nitrogens is 1. The van der Waals surface area contributed by atoms with Crippen LogP contribution in [0.2, 0.25) is 0 Å². The lowest BCUT2D eigenvalue weighted by Crippen LogP contribution is -2.47. The summed E-state index contributed by atoms with van der Waals surface area (Å²) in [6.07, 6.45) is 10.8. The van der Waals surface area contributed by atoms with Crippen LogP contribution < -0.4 is 0 Å². The lowest BCUT2D eigenvalue weighted by Gasteiger charge is -2.40. The Morgan fingerprint density at radius 1 is 0.778 bits per heavy atom. The second kappa shape index (κ2) is 25.3. The van der Waals surface area contributed by atoms with Crippen LogP contribution in [0, 0.1) is 11.3 Å². The molecule has 0 saturated carbocycles. The second-order valence-corrected chi connectivity index (χ2v) is 18.3. The van der Waals surface area contributed by atoms with Crippen molar-refractivity contribution in [2.24, 2.45) is 11.3 Å². The number of carbonyl (C=O) groups is 6. The van der Waals surface area contributed by atoms with Gasteiger partial charge < -0.3 is 28.6 Å². The van der Waals surface area contributed by atoms with Crippen LogP contribution in [-0.2, 0) is 54.1 Å². The Kier molecular flexibility index (Phi) is 20.6. The first-order chi connectivity index (χ1) is 30.1. The molecule has 0 radical (unpaired) electrons. The fourth-order valence-corrected chi connectivity index (χ4v) is 9.10. The Bertz CT molecular complexity index is 1890. The van der Waals surface area contributed by atoms with Gasteiger partial charge >= 0.3 is 30.0 Å². The summed E-state index contributed by atoms with van der Waals surface area (Å²) in [5, 5.41) is 0.896. The third-order valence-corrected chi connectivity index (χ3v) is 12.7. The zero-order valence-electron chi connectivity index (χ0n) is 38.6. The van der Waals surface area contributed by atoms with Gasteiger partial charge in [0.2, 0.25) is 12.7 Å². The topological polar surface area (TPSA) is 160 Å². The highest BCUT2D eigenvalue weighted by molar-refractivity contribution is 9.10. The number of fused-ring (bicyclic) bond motifs is 2. The molecular weight excluding hydrogens is 874 g/mol. The molecule has 1 aromatic carbocycles. The number of halogens is 1. The van der Waals surface area contributed by atoms with E-state index in [-0.39, 0.29) is 56.8 Å². The summed E-state index contributed by atoms with van der Waals surface area (Å²) in [6, 6.07) is 5.73. The largest absolute Gasteiger partial charge is 0.462 e. The first-order valence-corrected chi connectivity index (χ1v) is 23.8. The summed E-state index contributed by atoms with van der Waals surface area (Å²) in [6.45, 7) is 12.3. The molecule has 1 aliphatic carbocycles. The van der Waals surface area contributed by atoms with Gasteiger partial charge in [-0.05, 0) is 84.3 Å². The van der Waals surface area contributed by atoms with Crippen LogP contribution in [-0.4, -0.2) is 109 Å². The molecule has 1 unspecified atom stereocenters. The first kappa shape index (κ1) is 51.4. The maximum absolute atomic E-state index is 13.6. The molecule has 1 aliphatic heterocycles. The minimum Gasteiger partial charge on any atom is -0.462 e. The Morgan fingerprint density at radius 2 is 1.37 bits per heavy atom. The van der Waals surface area contributed by atoms with E-state index < -0.39 is 48.3 Å². The van der Waals surface area contributed by atoms with Gasteiger partial charge in [-0.1, -0.05) is 97.3 Å². The molecular formula is C48H70BrN3O11. The normalized spacial score (nSPS) is 16.0. The fraction of sp³-hybridized carbons (Fsp3) is 0.667. The molecule has 4 rings (SSSR count). The number of carbonyl (C=O) groups excluding carboxylic acids is 6. The van der Waals surface area contributed by atoms with Gasteiger partial charge in [0, 0.05) is 43.9 Å². The summed E-state index contributed by atoms with van der Waals surface area (Å²) < 4.78 is 29.2. The van der Waals surface area contributed by atoms with Crippen LogP contribution in [0.15, 0.2) is 28.9 Å². The Balaban J connectivity index is 1.32. The van der Waals surface area contributed by atoms with E-state index in [1.165, 1.54) is 4.57 Å². The average Bonchev–Trinajstić information content (AvgIpc) is 3.53. The molecule has 2 aromatic rings. The zero-order chi connectivity index (χ0) is 46.1. The first-order valence-electron chi connectivity index (χ1n) is 23.0. The highest BCUT2D eigenvalue weighted by Gasteiger charge is 2.39. The quantitative estimate of drug-likeness (QED) is 0.0382. The van der Waals surface area contributed by atoms with Gasteiger partial charge in [-0.2, -0.15) is 0 Å². The molecule has 2 aliphatic rings. The van der Waals surface area contributed by atoms with Crippen molar-refractivity contribution >= 4 is 68.3 Å². The molecule has 0 fully saturated rings. The predicted molar refractivity (Wildman–Crippen MR) is 244 cm³/mol. The number of hydrogen-bond acceptors (Lipinski definition) is 12. The van der Waals surface area contributed by atoms with Crippen LogP contribution in [0.4, 0.5) is 4.79 Å². The molecule has 15 heteroatoms. The van der Waals surface area contributed by atoms with Crippen LogP contribution in [0.5, 0.6) is 0 Å². The summed E-state index contributed by atoms with van der Waals surface area (Å²) in [5.74, 6) is -2.38. The molecule has 350 valence electrons. The van der Waals surface area contributed by atoms with E-state index in [2.05, 4.69) is 40.8 Å². The van der Waals surface area contributed by atoms with Crippen molar-refractivity contribution in [2.45, 2.75) is 150 Å². The number of ether oxygens (including phenoxy) is 5. The van der Waals surface area contributed by atoms with Crippen molar-refractivity contribution < 1.29 is 52.5 Å². The number of unbranched alkanes of at least 4 members (excludes halogenated alkanes) is 8. The number of esters is 4. The second-order valence-electron chi connectivity index (χ2n) is 17.6. The molecule has 63 heavy (non-hydrogen) atoms. The molecule has 0 N–H and O–H groups in total. The van der Waals surface area contributed by atoms with E-state index in [0.29, 0.717) is 49.0 Å². The van der Waals surface area contributed by atoms with Crippen molar-refractivity contribution in [1.82, 2.24) is 14.4 Å². The number of amides is 1. The van der Waals surface area contributed by atoms with Gasteiger partial charge in [0.1, 0.15) is 13.2 Å². The number of likely N-dealkylation sites (N-methyl/N-ethyl adjacent to an activating group) is 1. The van der Waals surface area contributed by atoms with E-state index in [9.17, 15) is 28.8 Å². The Hall–Kier alpha value is -4.24. The molecule has 0 spiro atoms. The van der Waals surface area contributed by atoms with Crippen LogP contribution >= 0.6 is 15.9 Å². The van der Waals surface area contributed by atoms with Crippen molar-refractivity contribution in [2.75, 3.05) is 46.7 Å². The fourth-order valence-electron chi connectivity index (χ4n) is 8.41. The molecule has 1 amide bonds. The van der Waals surface area contributed by atoms with E-state index in [1.807, 2.05) is 44.0 Å². The highest BCUT2D eigenvalue weighted by atomic mass is 79.9. The SMILES string of the molecule is CCCCCCCC(=O)OCC(COC(=O)CCCCCCC)OC(=O)CC(C)(C)CC(=O)OCOC(=O)n1c(Br)c2c3c(cccc31)C1=C[C@@H](C(=O)N(CC)CC)CN(C)C1C2. The van der Waals surface area contributed by atoms with Crippen molar-refractivity contribution in [3.63, 3.8) is 0 Å². The van der Waals surface area contributed by atoms with Gasteiger partial charge in [0.25, 0.3) is 0 Å². The smallest absolute Gasteiger partial charge is 0.422 e. The Labute approximate surface area is 381 Å². The summed E-state index contributed by atoms with van der Waals surface area (Å²) in [4.78, 5) is 82.1. The summed E-state index contributed by atoms with van der Waals surface area (Å²) >= 11 is 3.66. The molecule has 0 bridgehead atoms. The number of rotatable bonds is 26. The molecule has 2 heterocycles. The number of nitrogens with zero attached hydrogens (tertiary/aromatic N) is 3.